The van der Waals surface area contributed by atoms with E-state index in [0.717, 1.165) is 36.6 Å². The second-order valence-electron chi connectivity index (χ2n) is 7.55. The molecule has 0 spiro atoms. The minimum atomic E-state index is -0.947. The summed E-state index contributed by atoms with van der Waals surface area (Å²) in [5, 5.41) is 10.6. The van der Waals surface area contributed by atoms with Crippen molar-refractivity contribution in [2.45, 2.75) is 18.8 Å². The molecule has 1 saturated heterocycles. The van der Waals surface area contributed by atoms with Crippen molar-refractivity contribution in [2.75, 3.05) is 18.0 Å². The molecule has 2 aromatic heterocycles. The molecular formula is C24H21N3O2S. The lowest BCUT2D eigenvalue weighted by Crippen LogP contribution is -2.32. The number of thiazole rings is 1. The summed E-state index contributed by atoms with van der Waals surface area (Å²) in [6.45, 7) is 1.82. The third kappa shape index (κ3) is 3.55. The van der Waals surface area contributed by atoms with E-state index in [2.05, 4.69) is 40.2 Å². The fourth-order valence-electron chi connectivity index (χ4n) is 4.08. The van der Waals surface area contributed by atoms with E-state index in [4.69, 9.17) is 4.98 Å². The van der Waals surface area contributed by atoms with Crippen LogP contribution in [0.3, 0.4) is 0 Å². The standard InChI is InChI=1S/C24H21N3O2S/c28-23(29)19-15-20(18-9-5-2-6-10-18)25-22-21(19)30-24(26-22)27-13-11-17(12-14-27)16-7-3-1-4-8-16/h1-10,15,17H,11-14H2,(H,28,29). The number of rotatable bonds is 4. The van der Waals surface area contributed by atoms with Gasteiger partial charge < -0.3 is 10.0 Å². The van der Waals surface area contributed by atoms with E-state index in [9.17, 15) is 9.90 Å². The third-order valence-corrected chi connectivity index (χ3v) is 6.83. The van der Waals surface area contributed by atoms with E-state index in [-0.39, 0.29) is 5.56 Å². The quantitative estimate of drug-likeness (QED) is 0.481. The Hall–Kier alpha value is -3.25. The van der Waals surface area contributed by atoms with E-state index in [1.807, 2.05) is 30.3 Å². The first kappa shape index (κ1) is 18.8. The molecule has 4 aromatic rings. The van der Waals surface area contributed by atoms with Crippen LogP contribution in [-0.2, 0) is 0 Å². The van der Waals surface area contributed by atoms with Crippen molar-refractivity contribution >= 4 is 32.8 Å². The number of carboxylic acid groups (broad SMARTS) is 1. The molecule has 2 aromatic carbocycles. The van der Waals surface area contributed by atoms with Crippen LogP contribution in [0, 0.1) is 0 Å². The fraction of sp³-hybridized carbons (Fsp3) is 0.208. The van der Waals surface area contributed by atoms with Gasteiger partial charge in [0.05, 0.1) is 16.0 Å². The summed E-state index contributed by atoms with van der Waals surface area (Å²) in [6, 6.07) is 21.9. The predicted molar refractivity (Wildman–Crippen MR) is 120 cm³/mol. The molecule has 0 radical (unpaired) electrons. The van der Waals surface area contributed by atoms with Gasteiger partial charge in [-0.2, -0.15) is 4.98 Å². The molecular weight excluding hydrogens is 394 g/mol. The first-order chi connectivity index (χ1) is 14.7. The maximum Gasteiger partial charge on any atom is 0.337 e. The molecule has 0 atom stereocenters. The molecule has 1 N–H and O–H groups in total. The molecule has 1 fully saturated rings. The van der Waals surface area contributed by atoms with Gasteiger partial charge in [0.15, 0.2) is 10.8 Å². The lowest BCUT2D eigenvalue weighted by molar-refractivity contribution is 0.0699. The zero-order chi connectivity index (χ0) is 20.5. The molecule has 0 unspecified atom stereocenters. The molecule has 3 heterocycles. The summed E-state index contributed by atoms with van der Waals surface area (Å²) < 4.78 is 0.641. The number of nitrogens with zero attached hydrogens (tertiary/aromatic N) is 3. The predicted octanol–water partition coefficient (Wildman–Crippen LogP) is 5.44. The Bertz CT molecular complexity index is 1180. The lowest BCUT2D eigenvalue weighted by Gasteiger charge is -2.31. The van der Waals surface area contributed by atoms with Gasteiger partial charge in [-0.15, -0.1) is 0 Å². The summed E-state index contributed by atoms with van der Waals surface area (Å²) in [5.41, 5.74) is 3.70. The number of fused-ring (bicyclic) bond motifs is 1. The number of hydrogen-bond donors (Lipinski definition) is 1. The van der Waals surface area contributed by atoms with Gasteiger partial charge in [0.2, 0.25) is 0 Å². The number of benzene rings is 2. The average Bonchev–Trinajstić information content (AvgIpc) is 3.24. The Balaban J connectivity index is 1.45. The highest BCUT2D eigenvalue weighted by molar-refractivity contribution is 7.22. The van der Waals surface area contributed by atoms with Crippen LogP contribution in [0.15, 0.2) is 66.7 Å². The molecule has 5 nitrogen and oxygen atoms in total. The Morgan fingerprint density at radius 1 is 0.967 bits per heavy atom. The number of aromatic nitrogens is 2. The maximum atomic E-state index is 11.9. The van der Waals surface area contributed by atoms with Crippen LogP contribution in [0.2, 0.25) is 0 Å². The molecule has 0 aliphatic carbocycles. The highest BCUT2D eigenvalue weighted by Crippen LogP contribution is 2.36. The van der Waals surface area contributed by atoms with Crippen LogP contribution >= 0.6 is 11.3 Å². The van der Waals surface area contributed by atoms with Crippen LogP contribution in [0.5, 0.6) is 0 Å². The largest absolute Gasteiger partial charge is 0.478 e. The summed E-state index contributed by atoms with van der Waals surface area (Å²) in [6.07, 6.45) is 2.13. The first-order valence-electron chi connectivity index (χ1n) is 10.1. The van der Waals surface area contributed by atoms with Gasteiger partial charge >= 0.3 is 5.97 Å². The van der Waals surface area contributed by atoms with E-state index < -0.39 is 5.97 Å². The van der Waals surface area contributed by atoms with Crippen molar-refractivity contribution in [3.63, 3.8) is 0 Å². The molecule has 1 aliphatic heterocycles. The van der Waals surface area contributed by atoms with Gasteiger partial charge in [-0.05, 0) is 30.4 Å². The molecule has 150 valence electrons. The monoisotopic (exact) mass is 415 g/mol. The van der Waals surface area contributed by atoms with Crippen molar-refractivity contribution in [3.8, 4) is 11.3 Å². The average molecular weight is 416 g/mol. The number of anilines is 1. The lowest BCUT2D eigenvalue weighted by atomic mass is 9.90. The van der Waals surface area contributed by atoms with Crippen molar-refractivity contribution < 1.29 is 9.90 Å². The second kappa shape index (κ2) is 7.88. The van der Waals surface area contributed by atoms with Gasteiger partial charge in [-0.25, -0.2) is 9.78 Å². The van der Waals surface area contributed by atoms with Crippen LogP contribution < -0.4 is 4.90 Å². The number of carboxylic acids is 1. The highest BCUT2D eigenvalue weighted by atomic mass is 32.1. The smallest absolute Gasteiger partial charge is 0.337 e. The maximum absolute atomic E-state index is 11.9. The third-order valence-electron chi connectivity index (χ3n) is 5.69. The molecule has 30 heavy (non-hydrogen) atoms. The molecule has 0 bridgehead atoms. The van der Waals surface area contributed by atoms with E-state index in [1.54, 1.807) is 6.07 Å². The topological polar surface area (TPSA) is 66.3 Å². The zero-order valence-corrected chi connectivity index (χ0v) is 17.2. The zero-order valence-electron chi connectivity index (χ0n) is 16.4. The number of piperidine rings is 1. The van der Waals surface area contributed by atoms with Gasteiger partial charge in [0, 0.05) is 18.7 Å². The van der Waals surface area contributed by atoms with Gasteiger partial charge in [-0.3, -0.25) is 0 Å². The van der Waals surface area contributed by atoms with Crippen molar-refractivity contribution in [1.82, 2.24) is 9.97 Å². The van der Waals surface area contributed by atoms with E-state index in [0.29, 0.717) is 22.0 Å². The van der Waals surface area contributed by atoms with Crippen molar-refractivity contribution in [1.29, 1.82) is 0 Å². The van der Waals surface area contributed by atoms with E-state index in [1.165, 1.54) is 16.9 Å². The number of aromatic carboxylic acids is 1. The minimum absolute atomic E-state index is 0.266. The van der Waals surface area contributed by atoms with Crippen LogP contribution in [0.25, 0.3) is 21.6 Å². The van der Waals surface area contributed by atoms with Crippen LogP contribution in [0.1, 0.15) is 34.7 Å². The van der Waals surface area contributed by atoms with Gasteiger partial charge in [0.1, 0.15) is 0 Å². The normalized spacial score (nSPS) is 14.9. The highest BCUT2D eigenvalue weighted by Gasteiger charge is 2.24. The number of carbonyl (C=O) groups is 1. The first-order valence-corrected chi connectivity index (χ1v) is 10.9. The van der Waals surface area contributed by atoms with Crippen molar-refractivity contribution in [2.24, 2.45) is 0 Å². The Kier molecular flexibility index (Phi) is 4.93. The molecule has 5 rings (SSSR count). The molecule has 0 amide bonds. The Labute approximate surface area is 178 Å². The molecule has 1 aliphatic rings. The van der Waals surface area contributed by atoms with Gasteiger partial charge in [0.25, 0.3) is 0 Å². The summed E-state index contributed by atoms with van der Waals surface area (Å²) in [5.74, 6) is -0.383. The summed E-state index contributed by atoms with van der Waals surface area (Å²) in [4.78, 5) is 23.6. The number of pyridine rings is 1. The van der Waals surface area contributed by atoms with E-state index >= 15 is 0 Å². The Morgan fingerprint density at radius 3 is 2.30 bits per heavy atom. The minimum Gasteiger partial charge on any atom is -0.478 e. The molecule has 0 saturated carbocycles. The van der Waals surface area contributed by atoms with Crippen molar-refractivity contribution in [3.05, 3.63) is 77.9 Å². The van der Waals surface area contributed by atoms with Crippen LogP contribution in [-0.4, -0.2) is 34.1 Å². The Morgan fingerprint density at radius 2 is 1.63 bits per heavy atom. The summed E-state index contributed by atoms with van der Waals surface area (Å²) >= 11 is 1.43. The summed E-state index contributed by atoms with van der Waals surface area (Å²) in [7, 11) is 0. The fourth-order valence-corrected chi connectivity index (χ4v) is 5.15. The second-order valence-corrected chi connectivity index (χ2v) is 8.52. The molecule has 6 heteroatoms. The number of hydrogen-bond acceptors (Lipinski definition) is 5. The SMILES string of the molecule is O=C(O)c1cc(-c2ccccc2)nc2nc(N3CCC(c4ccccc4)CC3)sc12. The van der Waals surface area contributed by atoms with Gasteiger partial charge in [-0.1, -0.05) is 72.0 Å². The van der Waals surface area contributed by atoms with Crippen LogP contribution in [0.4, 0.5) is 5.13 Å².